The molecule has 2 aromatic carbocycles. The molecule has 0 amide bonds. The fourth-order valence-electron chi connectivity index (χ4n) is 5.60. The number of methoxy groups -OCH3 is 1. The van der Waals surface area contributed by atoms with Crippen LogP contribution in [0.2, 0.25) is 0 Å². The van der Waals surface area contributed by atoms with E-state index in [1.54, 1.807) is 7.11 Å². The van der Waals surface area contributed by atoms with Crippen molar-refractivity contribution in [3.05, 3.63) is 71.9 Å². The molecule has 2 aliphatic heterocycles. The summed E-state index contributed by atoms with van der Waals surface area (Å²) in [7, 11) is 1.71. The average molecular weight is 469 g/mol. The van der Waals surface area contributed by atoms with Gasteiger partial charge in [0.05, 0.1) is 24.9 Å². The number of pyridine rings is 1. The number of anilines is 1. The molecule has 0 aliphatic carbocycles. The van der Waals surface area contributed by atoms with Crippen molar-refractivity contribution in [3.8, 4) is 22.8 Å². The maximum atomic E-state index is 6.57. The molecule has 1 fully saturated rings. The van der Waals surface area contributed by atoms with E-state index >= 15 is 0 Å². The van der Waals surface area contributed by atoms with Gasteiger partial charge in [-0.15, -0.1) is 0 Å². The Morgan fingerprint density at radius 1 is 1.00 bits per heavy atom. The lowest BCUT2D eigenvalue weighted by Gasteiger charge is -2.38. The number of rotatable bonds is 5. The summed E-state index contributed by atoms with van der Waals surface area (Å²) < 4.78 is 14.4. The van der Waals surface area contributed by atoms with Crippen LogP contribution in [0.3, 0.4) is 0 Å². The third-order valence-corrected chi connectivity index (χ3v) is 7.40. The van der Waals surface area contributed by atoms with E-state index in [2.05, 4.69) is 75.7 Å². The van der Waals surface area contributed by atoms with Gasteiger partial charge in [0.1, 0.15) is 23.4 Å². The van der Waals surface area contributed by atoms with Crippen LogP contribution in [0.5, 0.6) is 11.5 Å². The van der Waals surface area contributed by atoms with Crippen LogP contribution in [0.4, 0.5) is 5.82 Å². The topological polar surface area (TPSA) is 42.8 Å². The Morgan fingerprint density at radius 2 is 1.80 bits per heavy atom. The summed E-state index contributed by atoms with van der Waals surface area (Å²) in [5, 5.41) is 1.27. The molecule has 0 N–H and O–H groups in total. The van der Waals surface area contributed by atoms with Crippen LogP contribution in [-0.4, -0.2) is 60.4 Å². The summed E-state index contributed by atoms with van der Waals surface area (Å²) in [5.74, 6) is 2.95. The Labute approximate surface area is 206 Å². The van der Waals surface area contributed by atoms with E-state index in [9.17, 15) is 0 Å². The second kappa shape index (κ2) is 8.93. The Kier molecular flexibility index (Phi) is 5.61. The summed E-state index contributed by atoms with van der Waals surface area (Å²) in [6.45, 7) is 10.1. The van der Waals surface area contributed by atoms with Crippen molar-refractivity contribution < 1.29 is 9.47 Å². The highest BCUT2D eigenvalue weighted by molar-refractivity contribution is 5.95. The van der Waals surface area contributed by atoms with Crippen LogP contribution in [0.15, 0.2) is 60.8 Å². The van der Waals surface area contributed by atoms with Gasteiger partial charge in [-0.2, -0.15) is 0 Å². The third-order valence-electron chi connectivity index (χ3n) is 7.40. The molecule has 1 atom stereocenters. The van der Waals surface area contributed by atoms with Crippen molar-refractivity contribution in [3.63, 3.8) is 0 Å². The predicted molar refractivity (Wildman–Crippen MR) is 141 cm³/mol. The molecule has 4 heterocycles. The molecule has 180 valence electrons. The van der Waals surface area contributed by atoms with Gasteiger partial charge in [-0.25, -0.2) is 4.98 Å². The molecule has 0 saturated carbocycles. The highest BCUT2D eigenvalue weighted by atomic mass is 16.5. The van der Waals surface area contributed by atoms with Crippen molar-refractivity contribution >= 4 is 16.7 Å². The molecule has 0 bridgehead atoms. The van der Waals surface area contributed by atoms with E-state index in [0.717, 1.165) is 56.6 Å². The second-order valence-electron chi connectivity index (χ2n) is 9.68. The van der Waals surface area contributed by atoms with Crippen LogP contribution in [-0.2, 0) is 6.54 Å². The smallest absolute Gasteiger partial charge is 0.144 e. The van der Waals surface area contributed by atoms with E-state index in [1.165, 1.54) is 33.3 Å². The number of hydrogen-bond donors (Lipinski definition) is 0. The maximum absolute atomic E-state index is 6.57. The molecule has 1 unspecified atom stereocenters. The molecule has 0 spiro atoms. The molecule has 6 rings (SSSR count). The first kappa shape index (κ1) is 22.0. The quantitative estimate of drug-likeness (QED) is 0.416. The summed E-state index contributed by atoms with van der Waals surface area (Å²) in [6, 6.07) is 19.1. The van der Waals surface area contributed by atoms with Crippen molar-refractivity contribution in [2.75, 3.05) is 44.7 Å². The van der Waals surface area contributed by atoms with Gasteiger partial charge in [0.2, 0.25) is 0 Å². The molecule has 6 heteroatoms. The summed E-state index contributed by atoms with van der Waals surface area (Å²) in [6.07, 6.45) is 2.02. The number of piperazine rings is 1. The minimum Gasteiger partial charge on any atom is -0.497 e. The minimum absolute atomic E-state index is 0.112. The molecule has 2 aromatic heterocycles. The van der Waals surface area contributed by atoms with Gasteiger partial charge < -0.3 is 18.9 Å². The van der Waals surface area contributed by atoms with Gasteiger partial charge in [0.15, 0.2) is 0 Å². The Hall–Kier alpha value is -3.51. The maximum Gasteiger partial charge on any atom is 0.144 e. The summed E-state index contributed by atoms with van der Waals surface area (Å²) >= 11 is 0. The highest BCUT2D eigenvalue weighted by Gasteiger charge is 2.29. The van der Waals surface area contributed by atoms with Crippen LogP contribution in [0, 0.1) is 13.8 Å². The van der Waals surface area contributed by atoms with Crippen molar-refractivity contribution in [2.24, 2.45) is 0 Å². The van der Waals surface area contributed by atoms with E-state index in [1.807, 2.05) is 18.3 Å². The molecular weight excluding hydrogens is 436 g/mol. The standard InChI is InChI=1S/C29H32N4O2/c1-20-11-12-30-27(17-20)32-15-13-31(14-16-32)18-24-19-33-28(22-7-9-23(34-3)10-8-22)21(2)25-5-4-6-26(35-24)29(25)33/h4-12,17,24H,13-16,18-19H2,1-3H3. The van der Waals surface area contributed by atoms with E-state index in [-0.39, 0.29) is 6.10 Å². The zero-order valence-electron chi connectivity index (χ0n) is 20.7. The van der Waals surface area contributed by atoms with Gasteiger partial charge in [0.25, 0.3) is 0 Å². The molecule has 0 radical (unpaired) electrons. The highest BCUT2D eigenvalue weighted by Crippen LogP contribution is 2.41. The fourth-order valence-corrected chi connectivity index (χ4v) is 5.60. The monoisotopic (exact) mass is 468 g/mol. The van der Waals surface area contributed by atoms with Gasteiger partial charge >= 0.3 is 0 Å². The average Bonchev–Trinajstić information content (AvgIpc) is 3.17. The molecule has 1 saturated heterocycles. The second-order valence-corrected chi connectivity index (χ2v) is 9.68. The van der Waals surface area contributed by atoms with E-state index < -0.39 is 0 Å². The molecule has 35 heavy (non-hydrogen) atoms. The van der Waals surface area contributed by atoms with Crippen molar-refractivity contribution in [1.82, 2.24) is 14.5 Å². The number of para-hydroxylation sites is 1. The van der Waals surface area contributed by atoms with E-state index in [0.29, 0.717) is 0 Å². The molecule has 2 aliphatic rings. The normalized spacial score (nSPS) is 18.0. The zero-order valence-corrected chi connectivity index (χ0v) is 20.7. The van der Waals surface area contributed by atoms with Gasteiger partial charge in [-0.3, -0.25) is 4.90 Å². The van der Waals surface area contributed by atoms with Crippen LogP contribution >= 0.6 is 0 Å². The van der Waals surface area contributed by atoms with Gasteiger partial charge in [-0.05, 0) is 73.0 Å². The largest absolute Gasteiger partial charge is 0.497 e. The van der Waals surface area contributed by atoms with Crippen LogP contribution in [0.1, 0.15) is 11.1 Å². The lowest BCUT2D eigenvalue weighted by atomic mass is 10.1. The fraction of sp³-hybridized carbons (Fsp3) is 0.345. The van der Waals surface area contributed by atoms with Crippen LogP contribution in [0.25, 0.3) is 22.2 Å². The molecular formula is C29H32N4O2. The Balaban J connectivity index is 1.22. The lowest BCUT2D eigenvalue weighted by molar-refractivity contribution is 0.109. The van der Waals surface area contributed by atoms with Crippen molar-refractivity contribution in [1.29, 1.82) is 0 Å². The summed E-state index contributed by atoms with van der Waals surface area (Å²) in [5.41, 5.74) is 6.26. The molecule has 4 aromatic rings. The zero-order chi connectivity index (χ0) is 23.9. The first-order valence-corrected chi connectivity index (χ1v) is 12.4. The summed E-state index contributed by atoms with van der Waals surface area (Å²) in [4.78, 5) is 9.50. The van der Waals surface area contributed by atoms with Gasteiger partial charge in [-0.1, -0.05) is 12.1 Å². The number of hydrogen-bond acceptors (Lipinski definition) is 5. The first-order valence-electron chi connectivity index (χ1n) is 12.4. The third kappa shape index (κ3) is 4.02. The SMILES string of the molecule is COc1ccc(-c2c(C)c3cccc4c3n2CC(CN2CCN(c3cc(C)ccn3)CC2)O4)cc1. The number of aromatic nitrogens is 2. The lowest BCUT2D eigenvalue weighted by Crippen LogP contribution is -2.50. The molecule has 6 nitrogen and oxygen atoms in total. The number of benzene rings is 2. The van der Waals surface area contributed by atoms with E-state index in [4.69, 9.17) is 9.47 Å². The van der Waals surface area contributed by atoms with Gasteiger partial charge in [0, 0.05) is 44.3 Å². The first-order chi connectivity index (χ1) is 17.1. The number of aryl methyl sites for hydroxylation is 2. The predicted octanol–water partition coefficient (Wildman–Crippen LogP) is 4.91. The van der Waals surface area contributed by atoms with Crippen molar-refractivity contribution in [2.45, 2.75) is 26.5 Å². The number of ether oxygens (including phenoxy) is 2. The Morgan fingerprint density at radius 3 is 2.54 bits per heavy atom. The number of nitrogens with zero attached hydrogens (tertiary/aromatic N) is 4. The van der Waals surface area contributed by atoms with Crippen LogP contribution < -0.4 is 14.4 Å². The Bertz CT molecular complexity index is 1350. The minimum atomic E-state index is 0.112.